The summed E-state index contributed by atoms with van der Waals surface area (Å²) in [4.78, 5) is 34.1. The van der Waals surface area contributed by atoms with Crippen LogP contribution >= 0.6 is 11.6 Å². The van der Waals surface area contributed by atoms with Gasteiger partial charge in [0.05, 0.1) is 5.02 Å². The Kier molecular flexibility index (Phi) is 6.64. The lowest BCUT2D eigenvalue weighted by atomic mass is 10.0. The fraction of sp³-hybridized carbons (Fsp3) is 0.217. The number of guanidine groups is 1. The minimum Gasteiger partial charge on any atom is -0.458 e. The quantitative estimate of drug-likeness (QED) is 0.307. The Labute approximate surface area is 190 Å². The van der Waals surface area contributed by atoms with Crippen LogP contribution in [0.4, 0.5) is 5.82 Å². The van der Waals surface area contributed by atoms with E-state index < -0.39 is 23.5 Å². The van der Waals surface area contributed by atoms with Crippen LogP contribution in [0, 0.1) is 0 Å². The molecule has 0 aliphatic heterocycles. The lowest BCUT2D eigenvalue weighted by Crippen LogP contribution is -2.38. The van der Waals surface area contributed by atoms with Crippen molar-refractivity contribution in [1.29, 1.82) is 0 Å². The fourth-order valence-corrected chi connectivity index (χ4v) is 3.26. The number of nitrogens with one attached hydrogen (secondary N) is 1. The predicted octanol–water partition coefficient (Wildman–Crippen LogP) is 3.61. The minimum absolute atomic E-state index is 0.176. The maximum absolute atomic E-state index is 13.1. The van der Waals surface area contributed by atoms with Crippen molar-refractivity contribution in [2.24, 2.45) is 16.5 Å². The van der Waals surface area contributed by atoms with Gasteiger partial charge >= 0.3 is 5.97 Å². The topological polar surface area (TPSA) is 133 Å². The summed E-state index contributed by atoms with van der Waals surface area (Å²) in [6.45, 7) is 5.29. The molecule has 166 valence electrons. The van der Waals surface area contributed by atoms with E-state index in [1.165, 1.54) is 6.20 Å². The first-order chi connectivity index (χ1) is 15.0. The number of nitrogens with zero attached hydrogens (tertiary/aromatic N) is 2. The molecule has 0 spiro atoms. The predicted molar refractivity (Wildman–Crippen MR) is 125 cm³/mol. The molecule has 0 aliphatic carbocycles. The monoisotopic (exact) mass is 453 g/mol. The molecule has 0 bridgehead atoms. The number of amides is 1. The van der Waals surface area contributed by atoms with Gasteiger partial charge in [-0.05, 0) is 38.5 Å². The van der Waals surface area contributed by atoms with Gasteiger partial charge < -0.3 is 21.5 Å². The molecule has 8 nitrogen and oxygen atoms in total. The molecule has 1 heterocycles. The fourth-order valence-electron chi connectivity index (χ4n) is 3.05. The van der Waals surface area contributed by atoms with Crippen LogP contribution in [0.15, 0.2) is 59.7 Å². The van der Waals surface area contributed by atoms with Gasteiger partial charge in [0.2, 0.25) is 0 Å². The SMILES string of the molecule is CC(C)(C)OC(=O)[C@H](NC(=O)c1ccc2c(Cl)cnc(N=C(N)N)c2c1)c1ccccc1. The van der Waals surface area contributed by atoms with Crippen molar-refractivity contribution in [3.8, 4) is 0 Å². The van der Waals surface area contributed by atoms with Crippen molar-refractivity contribution in [2.75, 3.05) is 0 Å². The number of hydrogen-bond acceptors (Lipinski definition) is 5. The zero-order chi connectivity index (χ0) is 23.5. The van der Waals surface area contributed by atoms with Gasteiger partial charge in [-0.15, -0.1) is 0 Å². The van der Waals surface area contributed by atoms with Crippen LogP contribution < -0.4 is 16.8 Å². The van der Waals surface area contributed by atoms with Gasteiger partial charge in [-0.3, -0.25) is 4.79 Å². The lowest BCUT2D eigenvalue weighted by molar-refractivity contribution is -0.157. The molecule has 9 heteroatoms. The lowest BCUT2D eigenvalue weighted by Gasteiger charge is -2.25. The van der Waals surface area contributed by atoms with Crippen molar-refractivity contribution < 1.29 is 14.3 Å². The van der Waals surface area contributed by atoms with E-state index in [1.807, 2.05) is 6.07 Å². The number of nitrogens with two attached hydrogens (primary N) is 2. The molecular formula is C23H24ClN5O3. The van der Waals surface area contributed by atoms with E-state index in [2.05, 4.69) is 15.3 Å². The number of aliphatic imine (C=N–C) groups is 1. The van der Waals surface area contributed by atoms with Crippen molar-refractivity contribution in [2.45, 2.75) is 32.4 Å². The van der Waals surface area contributed by atoms with Gasteiger partial charge in [0.15, 0.2) is 17.8 Å². The molecule has 1 aromatic heterocycles. The number of ether oxygens (including phenoxy) is 1. The van der Waals surface area contributed by atoms with Crippen molar-refractivity contribution in [3.63, 3.8) is 0 Å². The standard InChI is InChI=1S/C23H24ClN5O3/c1-23(2,3)32-21(31)18(13-7-5-4-6-8-13)28-20(30)14-9-10-15-16(11-14)19(29-22(25)26)27-12-17(15)24/h4-12,18H,1-3H3,(H,28,30)(H4,25,26,27,29)/t18-/m1/s1. The van der Waals surface area contributed by atoms with Crippen LogP contribution in [0.25, 0.3) is 10.8 Å². The first kappa shape index (κ1) is 23.0. The maximum Gasteiger partial charge on any atom is 0.333 e. The molecule has 0 saturated heterocycles. The van der Waals surface area contributed by atoms with Crippen LogP contribution in [-0.2, 0) is 9.53 Å². The second-order valence-electron chi connectivity index (χ2n) is 8.08. The summed E-state index contributed by atoms with van der Waals surface area (Å²) in [5, 5.41) is 4.27. The molecule has 1 amide bonds. The van der Waals surface area contributed by atoms with E-state index in [0.717, 1.165) is 0 Å². The molecule has 5 N–H and O–H groups in total. The number of hydrogen-bond donors (Lipinski definition) is 3. The number of fused-ring (bicyclic) bond motifs is 1. The van der Waals surface area contributed by atoms with Crippen molar-refractivity contribution in [1.82, 2.24) is 10.3 Å². The number of esters is 1. The highest BCUT2D eigenvalue weighted by Gasteiger charge is 2.28. The zero-order valence-corrected chi connectivity index (χ0v) is 18.7. The summed E-state index contributed by atoms with van der Waals surface area (Å²) in [5.41, 5.74) is 11.1. The first-order valence-corrected chi connectivity index (χ1v) is 10.2. The van der Waals surface area contributed by atoms with Gasteiger partial charge in [-0.1, -0.05) is 48.0 Å². The van der Waals surface area contributed by atoms with Crippen LogP contribution in [0.1, 0.15) is 42.7 Å². The molecule has 0 saturated carbocycles. The molecule has 0 unspecified atom stereocenters. The highest BCUT2D eigenvalue weighted by molar-refractivity contribution is 6.35. The number of carbonyl (C=O) groups excluding carboxylic acids is 2. The summed E-state index contributed by atoms with van der Waals surface area (Å²) >= 11 is 6.23. The third kappa shape index (κ3) is 5.53. The minimum atomic E-state index is -0.992. The van der Waals surface area contributed by atoms with Crippen LogP contribution in [-0.4, -0.2) is 28.4 Å². The largest absolute Gasteiger partial charge is 0.458 e. The smallest absolute Gasteiger partial charge is 0.333 e. The summed E-state index contributed by atoms with van der Waals surface area (Å²) in [6, 6.07) is 12.7. The Hall–Kier alpha value is -3.65. The average molecular weight is 454 g/mol. The summed E-state index contributed by atoms with van der Waals surface area (Å²) in [6.07, 6.45) is 1.43. The number of halogens is 1. The molecule has 0 fully saturated rings. The van der Waals surface area contributed by atoms with E-state index in [1.54, 1.807) is 63.2 Å². The molecule has 0 aliphatic rings. The third-order valence-electron chi connectivity index (χ3n) is 4.37. The highest BCUT2D eigenvalue weighted by Crippen LogP contribution is 2.30. The van der Waals surface area contributed by atoms with Crippen LogP contribution in [0.2, 0.25) is 5.02 Å². The Morgan fingerprint density at radius 1 is 1.09 bits per heavy atom. The van der Waals surface area contributed by atoms with Crippen LogP contribution in [0.3, 0.4) is 0 Å². The molecule has 0 radical (unpaired) electrons. The zero-order valence-electron chi connectivity index (χ0n) is 17.9. The second kappa shape index (κ2) is 9.23. The normalized spacial score (nSPS) is 12.1. The summed E-state index contributed by atoms with van der Waals surface area (Å²) < 4.78 is 5.51. The van der Waals surface area contributed by atoms with E-state index in [-0.39, 0.29) is 17.3 Å². The number of rotatable bonds is 5. The number of carbonyl (C=O) groups is 2. The Morgan fingerprint density at radius 2 is 1.78 bits per heavy atom. The van der Waals surface area contributed by atoms with Gasteiger partial charge in [0, 0.05) is 22.5 Å². The number of benzene rings is 2. The third-order valence-corrected chi connectivity index (χ3v) is 4.67. The maximum atomic E-state index is 13.1. The Bertz CT molecular complexity index is 1190. The van der Waals surface area contributed by atoms with E-state index in [9.17, 15) is 9.59 Å². The van der Waals surface area contributed by atoms with Gasteiger partial charge in [0.25, 0.3) is 5.91 Å². The first-order valence-electron chi connectivity index (χ1n) is 9.82. The number of aromatic nitrogens is 1. The highest BCUT2D eigenvalue weighted by atomic mass is 35.5. The van der Waals surface area contributed by atoms with Crippen molar-refractivity contribution in [3.05, 3.63) is 70.9 Å². The summed E-state index contributed by atoms with van der Waals surface area (Å²) in [5.74, 6) is -0.998. The molecule has 3 aromatic rings. The Balaban J connectivity index is 1.99. The number of pyridine rings is 1. The molecule has 3 rings (SSSR count). The van der Waals surface area contributed by atoms with E-state index >= 15 is 0 Å². The van der Waals surface area contributed by atoms with Gasteiger partial charge in [0.1, 0.15) is 5.60 Å². The van der Waals surface area contributed by atoms with Crippen molar-refractivity contribution >= 4 is 46.0 Å². The summed E-state index contributed by atoms with van der Waals surface area (Å²) in [7, 11) is 0. The second-order valence-corrected chi connectivity index (χ2v) is 8.48. The van der Waals surface area contributed by atoms with Gasteiger partial charge in [-0.2, -0.15) is 4.99 Å². The van der Waals surface area contributed by atoms with Gasteiger partial charge in [-0.25, -0.2) is 9.78 Å². The Morgan fingerprint density at radius 3 is 2.41 bits per heavy atom. The van der Waals surface area contributed by atoms with Crippen LogP contribution in [0.5, 0.6) is 0 Å². The molecule has 2 aromatic carbocycles. The molecular weight excluding hydrogens is 430 g/mol. The molecule has 1 atom stereocenters. The van der Waals surface area contributed by atoms with E-state index in [4.69, 9.17) is 27.8 Å². The van der Waals surface area contributed by atoms with E-state index in [0.29, 0.717) is 21.4 Å². The average Bonchev–Trinajstić information content (AvgIpc) is 2.72. The molecule has 32 heavy (non-hydrogen) atoms.